The van der Waals surface area contributed by atoms with Crippen LogP contribution >= 0.6 is 0 Å². The van der Waals surface area contributed by atoms with E-state index in [1.54, 1.807) is 67.4 Å². The van der Waals surface area contributed by atoms with E-state index in [9.17, 15) is 9.59 Å². The Bertz CT molecular complexity index is 950. The van der Waals surface area contributed by atoms with Gasteiger partial charge in [-0.1, -0.05) is 0 Å². The zero-order valence-corrected chi connectivity index (χ0v) is 16.5. The van der Waals surface area contributed by atoms with Crippen LogP contribution in [0.3, 0.4) is 0 Å². The maximum atomic E-state index is 11.7. The molecule has 0 aromatic heterocycles. The molecule has 0 saturated carbocycles. The molecule has 1 aliphatic rings. The summed E-state index contributed by atoms with van der Waals surface area (Å²) in [4.78, 5) is 32.5. The quantitative estimate of drug-likeness (QED) is 0.756. The van der Waals surface area contributed by atoms with E-state index in [-0.39, 0.29) is 11.9 Å². The van der Waals surface area contributed by atoms with Gasteiger partial charge >= 0.3 is 11.9 Å². The predicted octanol–water partition coefficient (Wildman–Crippen LogP) is 3.25. The number of aliphatic imine (C=N–C) groups is 2. The van der Waals surface area contributed by atoms with Gasteiger partial charge in [0, 0.05) is 7.05 Å². The number of nitrogens with zero attached hydrogens (tertiary/aromatic N) is 3. The van der Waals surface area contributed by atoms with Gasteiger partial charge in [-0.2, -0.15) is 0 Å². The summed E-state index contributed by atoms with van der Waals surface area (Å²) in [6.07, 6.45) is 0. The lowest BCUT2D eigenvalue weighted by Crippen LogP contribution is -2.61. The third-order valence-electron chi connectivity index (χ3n) is 4.04. The summed E-state index contributed by atoms with van der Waals surface area (Å²) in [6.45, 7) is 4.20. The van der Waals surface area contributed by atoms with E-state index < -0.39 is 0 Å². The molecule has 1 aliphatic heterocycles. The largest absolute Gasteiger partial charge is 0.462 e. The lowest BCUT2D eigenvalue weighted by molar-refractivity contribution is 0.0517. The normalized spacial score (nSPS) is 15.6. The van der Waals surface area contributed by atoms with Crippen molar-refractivity contribution < 1.29 is 19.1 Å². The van der Waals surface area contributed by atoms with Crippen molar-refractivity contribution in [3.05, 3.63) is 59.7 Å². The minimum absolute atomic E-state index is 0.333. The highest BCUT2D eigenvalue weighted by atomic mass is 16.5. The Kier molecular flexibility index (Phi) is 6.23. The zero-order valence-electron chi connectivity index (χ0n) is 16.5. The van der Waals surface area contributed by atoms with Crippen LogP contribution in [0, 0.1) is 0 Å². The summed E-state index contributed by atoms with van der Waals surface area (Å²) in [7, 11) is 1.83. The number of hydrogen-bond acceptors (Lipinski definition) is 6. The van der Waals surface area contributed by atoms with Gasteiger partial charge in [0.25, 0.3) is 0 Å². The van der Waals surface area contributed by atoms with Crippen molar-refractivity contribution in [3.63, 3.8) is 0 Å². The second kappa shape index (κ2) is 9.01. The van der Waals surface area contributed by atoms with Crippen LogP contribution in [-0.4, -0.2) is 48.9 Å². The Labute approximate surface area is 168 Å². The van der Waals surface area contributed by atoms with Crippen LogP contribution in [0.1, 0.15) is 34.6 Å². The van der Waals surface area contributed by atoms with Crippen LogP contribution in [0.15, 0.2) is 58.5 Å². The highest BCUT2D eigenvalue weighted by Gasteiger charge is 2.26. The summed E-state index contributed by atoms with van der Waals surface area (Å²) in [5.41, 5.74) is 5.37. The first-order valence-electron chi connectivity index (χ1n) is 9.24. The Hall–Kier alpha value is -3.68. The Balaban J connectivity index is 1.75. The number of hydrazine groups is 1. The van der Waals surface area contributed by atoms with Gasteiger partial charge in [-0.25, -0.2) is 19.6 Å². The van der Waals surface area contributed by atoms with Crippen molar-refractivity contribution in [2.24, 2.45) is 9.98 Å². The fraction of sp³-hybridized carbons (Fsp3) is 0.238. The number of rotatable bonds is 6. The summed E-state index contributed by atoms with van der Waals surface area (Å²) in [5.74, 6) is 0.540. The van der Waals surface area contributed by atoms with Gasteiger partial charge in [0.1, 0.15) is 0 Å². The van der Waals surface area contributed by atoms with E-state index in [1.807, 2.05) is 7.05 Å². The van der Waals surface area contributed by atoms with Crippen molar-refractivity contribution in [1.82, 2.24) is 10.4 Å². The molecule has 1 N–H and O–H groups in total. The molecule has 0 atom stereocenters. The first-order chi connectivity index (χ1) is 14.0. The number of likely N-dealkylation sites (N-methyl/N-ethyl adjacent to an activating group) is 1. The first kappa shape index (κ1) is 20.1. The Morgan fingerprint density at radius 3 is 1.69 bits per heavy atom. The summed E-state index contributed by atoms with van der Waals surface area (Å²) in [6, 6.07) is 13.7. The third kappa shape index (κ3) is 4.78. The molecule has 0 aliphatic carbocycles. The molecule has 8 nitrogen and oxygen atoms in total. The molecule has 0 spiro atoms. The van der Waals surface area contributed by atoms with E-state index >= 15 is 0 Å². The number of carbonyl (C=O) groups excluding carboxylic acids is 2. The molecule has 1 fully saturated rings. The molecule has 8 heteroatoms. The van der Waals surface area contributed by atoms with Crippen molar-refractivity contribution in [2.45, 2.75) is 13.8 Å². The molecule has 0 bridgehead atoms. The van der Waals surface area contributed by atoms with Gasteiger partial charge in [0.15, 0.2) is 11.7 Å². The average Bonchev–Trinajstić information content (AvgIpc) is 2.73. The van der Waals surface area contributed by atoms with Gasteiger partial charge in [0.05, 0.1) is 35.7 Å². The van der Waals surface area contributed by atoms with Gasteiger partial charge < -0.3 is 9.47 Å². The number of benzene rings is 2. The number of esters is 2. The molecule has 0 amide bonds. The number of nitrogens with one attached hydrogen (secondary N) is 1. The van der Waals surface area contributed by atoms with Crippen LogP contribution in [0.4, 0.5) is 11.4 Å². The number of carbonyl (C=O) groups is 2. The van der Waals surface area contributed by atoms with E-state index in [2.05, 4.69) is 15.4 Å². The van der Waals surface area contributed by atoms with Crippen LogP contribution in [-0.2, 0) is 9.47 Å². The fourth-order valence-corrected chi connectivity index (χ4v) is 2.59. The predicted molar refractivity (Wildman–Crippen MR) is 110 cm³/mol. The molecule has 2 aromatic rings. The standard InChI is InChI=1S/C21H22N4O4/c1-4-28-20(26)14-6-10-16(11-7-14)22-18-19(25(3)24-18)23-17-12-8-15(9-13-17)21(27)29-5-2/h6-13H,4-5H2,1-3H3,(H,22,24). The average molecular weight is 394 g/mol. The van der Waals surface area contributed by atoms with Gasteiger partial charge in [-0.05, 0) is 62.4 Å². The van der Waals surface area contributed by atoms with Crippen molar-refractivity contribution in [3.8, 4) is 0 Å². The second-order valence-corrected chi connectivity index (χ2v) is 6.10. The molecule has 29 heavy (non-hydrogen) atoms. The highest BCUT2D eigenvalue weighted by molar-refractivity contribution is 6.45. The molecule has 150 valence electrons. The summed E-state index contributed by atoms with van der Waals surface area (Å²) >= 11 is 0. The second-order valence-electron chi connectivity index (χ2n) is 6.10. The molecule has 1 saturated heterocycles. The van der Waals surface area contributed by atoms with E-state index in [0.717, 1.165) is 0 Å². The van der Waals surface area contributed by atoms with E-state index in [4.69, 9.17) is 9.47 Å². The van der Waals surface area contributed by atoms with Gasteiger partial charge in [-0.15, -0.1) is 0 Å². The molecule has 2 aromatic carbocycles. The Morgan fingerprint density at radius 2 is 1.28 bits per heavy atom. The van der Waals surface area contributed by atoms with E-state index in [0.29, 0.717) is 47.4 Å². The van der Waals surface area contributed by atoms with Gasteiger partial charge in [-0.3, -0.25) is 10.4 Å². The van der Waals surface area contributed by atoms with Crippen molar-refractivity contribution >= 4 is 35.0 Å². The molecular formula is C21H22N4O4. The topological polar surface area (TPSA) is 92.6 Å². The van der Waals surface area contributed by atoms with Crippen LogP contribution < -0.4 is 5.43 Å². The lowest BCUT2D eigenvalue weighted by Gasteiger charge is -2.33. The SMILES string of the molecule is CCOC(=O)c1ccc(N=C2NN(C)C2=Nc2ccc(C(=O)OCC)cc2)cc1. The lowest BCUT2D eigenvalue weighted by atomic mass is 10.2. The minimum atomic E-state index is -0.360. The highest BCUT2D eigenvalue weighted by Crippen LogP contribution is 2.19. The maximum Gasteiger partial charge on any atom is 0.338 e. The number of hydrogen-bond donors (Lipinski definition) is 1. The maximum absolute atomic E-state index is 11.7. The van der Waals surface area contributed by atoms with Gasteiger partial charge in [0.2, 0.25) is 0 Å². The smallest absolute Gasteiger partial charge is 0.338 e. The minimum Gasteiger partial charge on any atom is -0.462 e. The molecule has 1 heterocycles. The van der Waals surface area contributed by atoms with Crippen LogP contribution in [0.25, 0.3) is 0 Å². The van der Waals surface area contributed by atoms with Crippen LogP contribution in [0.2, 0.25) is 0 Å². The van der Waals surface area contributed by atoms with Crippen molar-refractivity contribution in [1.29, 1.82) is 0 Å². The third-order valence-corrected chi connectivity index (χ3v) is 4.04. The number of amidine groups is 2. The summed E-state index contributed by atoms with van der Waals surface area (Å²) in [5, 5.41) is 1.74. The van der Waals surface area contributed by atoms with Crippen molar-refractivity contribution in [2.75, 3.05) is 20.3 Å². The fourth-order valence-electron chi connectivity index (χ4n) is 2.59. The van der Waals surface area contributed by atoms with Crippen LogP contribution in [0.5, 0.6) is 0 Å². The molecule has 3 rings (SSSR count). The monoisotopic (exact) mass is 394 g/mol. The zero-order chi connectivity index (χ0) is 20.8. The summed E-state index contributed by atoms with van der Waals surface area (Å²) < 4.78 is 9.95. The molecule has 0 radical (unpaired) electrons. The molecule has 0 unspecified atom stereocenters. The number of ether oxygens (including phenoxy) is 2. The first-order valence-corrected chi connectivity index (χ1v) is 9.24. The van der Waals surface area contributed by atoms with E-state index in [1.165, 1.54) is 0 Å². The Morgan fingerprint density at radius 1 is 0.828 bits per heavy atom. The molecular weight excluding hydrogens is 372 g/mol.